The summed E-state index contributed by atoms with van der Waals surface area (Å²) in [4.78, 5) is 13.7. The molecule has 88 valence electrons. The molecule has 15 heavy (non-hydrogen) atoms. The van der Waals surface area contributed by atoms with E-state index in [1.807, 2.05) is 11.9 Å². The minimum absolute atomic E-state index is 0.303. The van der Waals surface area contributed by atoms with Crippen molar-refractivity contribution in [3.8, 4) is 0 Å². The molecule has 0 aromatic carbocycles. The highest BCUT2D eigenvalue weighted by Gasteiger charge is 2.18. The van der Waals surface area contributed by atoms with Gasteiger partial charge in [0.05, 0.1) is 0 Å². The highest BCUT2D eigenvalue weighted by Crippen LogP contribution is 2.15. The minimum Gasteiger partial charge on any atom is -0.345 e. The van der Waals surface area contributed by atoms with Gasteiger partial charge in [0.25, 0.3) is 0 Å². The molecule has 0 aliphatic carbocycles. The number of rotatable bonds is 5. The van der Waals surface area contributed by atoms with Gasteiger partial charge in [-0.25, -0.2) is 0 Å². The number of carbonyl (C=O) groups excluding carboxylic acids is 1. The first kappa shape index (κ1) is 12.8. The van der Waals surface area contributed by atoms with Crippen LogP contribution in [0, 0.1) is 5.92 Å². The fraction of sp³-hybridized carbons (Fsp3) is 0.909. The normalized spacial score (nSPS) is 21.3. The predicted molar refractivity (Wildman–Crippen MR) is 66.2 cm³/mol. The topological polar surface area (TPSA) is 32.3 Å². The number of hydrogen-bond donors (Lipinski definition) is 1. The fourth-order valence-electron chi connectivity index (χ4n) is 1.85. The molecule has 0 spiro atoms. The van der Waals surface area contributed by atoms with E-state index in [1.165, 1.54) is 12.8 Å². The molecule has 1 fully saturated rings. The van der Waals surface area contributed by atoms with E-state index in [2.05, 4.69) is 11.6 Å². The molecule has 0 saturated carbocycles. The van der Waals surface area contributed by atoms with Crippen LogP contribution in [0.1, 0.15) is 19.3 Å². The summed E-state index contributed by atoms with van der Waals surface area (Å²) >= 11 is 1.79. The number of amides is 1. The predicted octanol–water partition coefficient (Wildman–Crippen LogP) is 1.20. The highest BCUT2D eigenvalue weighted by atomic mass is 32.2. The smallest absolute Gasteiger partial charge is 0.222 e. The first-order chi connectivity index (χ1) is 7.24. The van der Waals surface area contributed by atoms with Crippen LogP contribution in [0.5, 0.6) is 0 Å². The summed E-state index contributed by atoms with van der Waals surface area (Å²) in [7, 11) is 1.91. The Morgan fingerprint density at radius 2 is 2.40 bits per heavy atom. The van der Waals surface area contributed by atoms with E-state index in [0.717, 1.165) is 31.8 Å². The zero-order valence-corrected chi connectivity index (χ0v) is 10.6. The van der Waals surface area contributed by atoms with E-state index in [0.29, 0.717) is 11.8 Å². The van der Waals surface area contributed by atoms with E-state index in [-0.39, 0.29) is 0 Å². The van der Waals surface area contributed by atoms with Gasteiger partial charge in [-0.1, -0.05) is 0 Å². The van der Waals surface area contributed by atoms with Crippen molar-refractivity contribution in [2.24, 2.45) is 5.92 Å². The Labute approximate surface area is 97.0 Å². The van der Waals surface area contributed by atoms with Crippen molar-refractivity contribution in [3.05, 3.63) is 0 Å². The zero-order chi connectivity index (χ0) is 11.1. The lowest BCUT2D eigenvalue weighted by atomic mass is 9.96. The molecule has 4 heteroatoms. The molecule has 1 aliphatic rings. The first-order valence-electron chi connectivity index (χ1n) is 5.67. The summed E-state index contributed by atoms with van der Waals surface area (Å²) < 4.78 is 0. The minimum atomic E-state index is 0.303. The van der Waals surface area contributed by atoms with Crippen molar-refractivity contribution >= 4 is 17.7 Å². The quantitative estimate of drug-likeness (QED) is 0.770. The van der Waals surface area contributed by atoms with E-state index >= 15 is 0 Å². The van der Waals surface area contributed by atoms with Crippen LogP contribution in [0.3, 0.4) is 0 Å². The first-order valence-corrected chi connectivity index (χ1v) is 7.07. The molecule has 1 atom stereocenters. The maximum absolute atomic E-state index is 11.8. The van der Waals surface area contributed by atoms with E-state index in [9.17, 15) is 4.79 Å². The Bertz CT molecular complexity index is 193. The molecule has 0 aromatic rings. The number of piperidine rings is 1. The van der Waals surface area contributed by atoms with Crippen LogP contribution < -0.4 is 5.32 Å². The van der Waals surface area contributed by atoms with Crippen LogP contribution in [-0.4, -0.2) is 49.5 Å². The van der Waals surface area contributed by atoms with Crippen LogP contribution in [0.4, 0.5) is 0 Å². The van der Waals surface area contributed by atoms with Crippen LogP contribution in [0.15, 0.2) is 0 Å². The van der Waals surface area contributed by atoms with Crippen molar-refractivity contribution in [1.82, 2.24) is 10.2 Å². The second-order valence-electron chi connectivity index (χ2n) is 4.22. The lowest BCUT2D eigenvalue weighted by Gasteiger charge is -2.24. The third-order valence-corrected chi connectivity index (χ3v) is 3.51. The van der Waals surface area contributed by atoms with Gasteiger partial charge in [0.15, 0.2) is 0 Å². The standard InChI is InChI=1S/C11H22N2OS/c1-13(6-7-15-2)11(14)8-10-4-3-5-12-9-10/h10,12H,3-9H2,1-2H3. The van der Waals surface area contributed by atoms with Crippen LogP contribution in [0.2, 0.25) is 0 Å². The number of thioether (sulfide) groups is 1. The number of carbonyl (C=O) groups is 1. The average Bonchev–Trinajstić information content (AvgIpc) is 2.27. The third kappa shape index (κ3) is 4.89. The second kappa shape index (κ2) is 7.12. The lowest BCUT2D eigenvalue weighted by Crippen LogP contribution is -2.35. The van der Waals surface area contributed by atoms with Gasteiger partial charge in [-0.2, -0.15) is 11.8 Å². The third-order valence-electron chi connectivity index (χ3n) is 2.92. The lowest BCUT2D eigenvalue weighted by molar-refractivity contribution is -0.130. The van der Waals surface area contributed by atoms with Crippen LogP contribution in [-0.2, 0) is 4.79 Å². The molecule has 0 aromatic heterocycles. The molecule has 1 aliphatic heterocycles. The molecule has 1 unspecified atom stereocenters. The van der Waals surface area contributed by atoms with Crippen LogP contribution >= 0.6 is 11.8 Å². The Morgan fingerprint density at radius 3 is 3.00 bits per heavy atom. The maximum Gasteiger partial charge on any atom is 0.222 e. The summed E-state index contributed by atoms with van der Waals surface area (Å²) in [6.45, 7) is 3.01. The van der Waals surface area contributed by atoms with Gasteiger partial charge in [0, 0.05) is 25.8 Å². The van der Waals surface area contributed by atoms with Gasteiger partial charge in [0.2, 0.25) is 5.91 Å². The largest absolute Gasteiger partial charge is 0.345 e. The van der Waals surface area contributed by atoms with Crippen LogP contribution in [0.25, 0.3) is 0 Å². The summed E-state index contributed by atoms with van der Waals surface area (Å²) in [6.07, 6.45) is 5.21. The van der Waals surface area contributed by atoms with Gasteiger partial charge in [0.1, 0.15) is 0 Å². The number of nitrogens with one attached hydrogen (secondary N) is 1. The van der Waals surface area contributed by atoms with Crippen molar-refractivity contribution in [2.75, 3.05) is 38.7 Å². The SMILES string of the molecule is CSCCN(C)C(=O)CC1CCCNC1. The monoisotopic (exact) mass is 230 g/mol. The Morgan fingerprint density at radius 1 is 1.60 bits per heavy atom. The van der Waals surface area contributed by atoms with E-state index in [1.54, 1.807) is 11.8 Å². The van der Waals surface area contributed by atoms with Crippen molar-refractivity contribution in [2.45, 2.75) is 19.3 Å². The molecule has 0 bridgehead atoms. The van der Waals surface area contributed by atoms with Crippen molar-refractivity contribution in [3.63, 3.8) is 0 Å². The molecular weight excluding hydrogens is 208 g/mol. The maximum atomic E-state index is 11.8. The Kier molecular flexibility index (Phi) is 6.10. The molecule has 1 saturated heterocycles. The van der Waals surface area contributed by atoms with Crippen molar-refractivity contribution in [1.29, 1.82) is 0 Å². The van der Waals surface area contributed by atoms with Crippen molar-refractivity contribution < 1.29 is 4.79 Å². The second-order valence-corrected chi connectivity index (χ2v) is 5.21. The average molecular weight is 230 g/mol. The van der Waals surface area contributed by atoms with E-state index in [4.69, 9.17) is 0 Å². The highest BCUT2D eigenvalue weighted by molar-refractivity contribution is 7.98. The molecule has 3 nitrogen and oxygen atoms in total. The van der Waals surface area contributed by atoms with Gasteiger partial charge in [-0.3, -0.25) is 4.79 Å². The molecule has 1 rings (SSSR count). The summed E-state index contributed by atoms with van der Waals surface area (Å²) in [5, 5.41) is 3.35. The molecular formula is C11H22N2OS. The summed E-state index contributed by atoms with van der Waals surface area (Å²) in [5.74, 6) is 1.89. The summed E-state index contributed by atoms with van der Waals surface area (Å²) in [5.41, 5.74) is 0. The van der Waals surface area contributed by atoms with Gasteiger partial charge >= 0.3 is 0 Å². The Balaban J connectivity index is 2.20. The van der Waals surface area contributed by atoms with Gasteiger partial charge in [-0.15, -0.1) is 0 Å². The number of nitrogens with zero attached hydrogens (tertiary/aromatic N) is 1. The molecule has 1 N–H and O–H groups in total. The fourth-order valence-corrected chi connectivity index (χ4v) is 2.31. The molecule has 0 radical (unpaired) electrons. The van der Waals surface area contributed by atoms with E-state index < -0.39 is 0 Å². The van der Waals surface area contributed by atoms with Gasteiger partial charge < -0.3 is 10.2 Å². The Hall–Kier alpha value is -0.220. The molecule has 1 heterocycles. The summed E-state index contributed by atoms with van der Waals surface area (Å²) in [6, 6.07) is 0. The molecule has 1 amide bonds. The van der Waals surface area contributed by atoms with Gasteiger partial charge in [-0.05, 0) is 38.1 Å². The zero-order valence-electron chi connectivity index (χ0n) is 9.79. The number of hydrogen-bond acceptors (Lipinski definition) is 3.